The molecule has 154 valence electrons. The molecule has 2 heteroatoms. The first-order chi connectivity index (χ1) is 13.4. The Kier molecular flexibility index (Phi) is 10.2. The van der Waals surface area contributed by atoms with E-state index in [1.165, 1.54) is 33.4 Å². The van der Waals surface area contributed by atoms with Crippen molar-refractivity contribution in [3.63, 3.8) is 0 Å². The second-order valence-electron chi connectivity index (χ2n) is 7.45. The molecule has 0 aliphatic carbocycles. The van der Waals surface area contributed by atoms with Crippen LogP contribution in [-0.2, 0) is 9.53 Å². The van der Waals surface area contributed by atoms with E-state index in [4.69, 9.17) is 4.74 Å². The summed E-state index contributed by atoms with van der Waals surface area (Å²) in [6.45, 7) is 18.1. The molecule has 0 unspecified atom stereocenters. The molecule has 0 aliphatic rings. The van der Waals surface area contributed by atoms with Crippen LogP contribution < -0.4 is 0 Å². The molecule has 0 saturated carbocycles. The second-order valence-corrected chi connectivity index (χ2v) is 7.45. The summed E-state index contributed by atoms with van der Waals surface area (Å²) in [5.74, 6) is -0.0777. The summed E-state index contributed by atoms with van der Waals surface area (Å²) in [5.41, 5.74) is 9.40. The molecule has 0 bridgehead atoms. The third kappa shape index (κ3) is 5.78. The van der Waals surface area contributed by atoms with Gasteiger partial charge in [-0.15, -0.1) is 0 Å². The van der Waals surface area contributed by atoms with Crippen LogP contribution >= 0.6 is 0 Å². The summed E-state index contributed by atoms with van der Waals surface area (Å²) in [7, 11) is 0. The van der Waals surface area contributed by atoms with E-state index in [0.717, 1.165) is 30.3 Å². The van der Waals surface area contributed by atoms with Crippen LogP contribution in [0.15, 0.2) is 52.1 Å². The maximum absolute atomic E-state index is 12.3. The molecule has 0 N–H and O–H groups in total. The van der Waals surface area contributed by atoms with Gasteiger partial charge in [-0.05, 0) is 82.2 Å². The highest BCUT2D eigenvalue weighted by Gasteiger charge is 2.26. The smallest absolute Gasteiger partial charge is 0.146 e. The van der Waals surface area contributed by atoms with Crippen LogP contribution in [0.1, 0.15) is 77.0 Å². The predicted molar refractivity (Wildman–Crippen MR) is 121 cm³/mol. The molecule has 2 nitrogen and oxygen atoms in total. The fraction of sp³-hybridized carbons (Fsp3) is 0.500. The van der Waals surface area contributed by atoms with E-state index in [-0.39, 0.29) is 5.92 Å². The van der Waals surface area contributed by atoms with Gasteiger partial charge in [-0.2, -0.15) is 0 Å². The number of ether oxygens (including phenoxy) is 1. The average Bonchev–Trinajstić information content (AvgIpc) is 2.68. The Morgan fingerprint density at radius 3 is 2.25 bits per heavy atom. The molecule has 1 atom stereocenters. The number of allylic oxidation sites excluding steroid dienone is 5. The topological polar surface area (TPSA) is 26.3 Å². The second kappa shape index (κ2) is 11.8. The van der Waals surface area contributed by atoms with E-state index in [2.05, 4.69) is 72.7 Å². The Balaban J connectivity index is 3.88. The molecule has 0 amide bonds. The fourth-order valence-corrected chi connectivity index (χ4v) is 3.82. The molecule has 1 aromatic rings. The number of carbonyl (C=O) groups excluding carboxylic acids is 1. The monoisotopic (exact) mass is 382 g/mol. The zero-order chi connectivity index (χ0) is 21.3. The lowest BCUT2D eigenvalue weighted by Crippen LogP contribution is -2.17. The lowest BCUT2D eigenvalue weighted by molar-refractivity contribution is -0.105. The van der Waals surface area contributed by atoms with Gasteiger partial charge < -0.3 is 4.74 Å². The lowest BCUT2D eigenvalue weighted by atomic mass is 9.78. The van der Waals surface area contributed by atoms with Crippen LogP contribution in [0.2, 0.25) is 0 Å². The van der Waals surface area contributed by atoms with Crippen molar-refractivity contribution < 1.29 is 9.53 Å². The SMILES string of the molecule is C/C=C(CC)\C(C)=C(/COCC)[C@@H](/C(C=O)=C(\C)CC)c1ccc(C)cc1C. The van der Waals surface area contributed by atoms with E-state index < -0.39 is 0 Å². The molecule has 0 spiro atoms. The van der Waals surface area contributed by atoms with Crippen molar-refractivity contribution in [2.24, 2.45) is 0 Å². The predicted octanol–water partition coefficient (Wildman–Crippen LogP) is 7.02. The Bertz CT molecular complexity index is 763. The molecule has 0 fully saturated rings. The highest BCUT2D eigenvalue weighted by molar-refractivity contribution is 5.79. The van der Waals surface area contributed by atoms with Gasteiger partial charge in [0.25, 0.3) is 0 Å². The highest BCUT2D eigenvalue weighted by atomic mass is 16.5. The van der Waals surface area contributed by atoms with Gasteiger partial charge >= 0.3 is 0 Å². The van der Waals surface area contributed by atoms with Gasteiger partial charge in [0, 0.05) is 18.1 Å². The van der Waals surface area contributed by atoms with Gasteiger partial charge in [-0.3, -0.25) is 4.79 Å². The fourth-order valence-electron chi connectivity index (χ4n) is 3.82. The minimum absolute atomic E-state index is 0.0777. The Morgan fingerprint density at radius 1 is 1.11 bits per heavy atom. The minimum atomic E-state index is -0.0777. The van der Waals surface area contributed by atoms with E-state index in [1.807, 2.05) is 6.92 Å². The third-order valence-electron chi connectivity index (χ3n) is 5.70. The van der Waals surface area contributed by atoms with E-state index in [1.54, 1.807) is 0 Å². The molecule has 1 rings (SSSR count). The Labute approximate surface area is 172 Å². The molecule has 0 radical (unpaired) electrons. The first-order valence-corrected chi connectivity index (χ1v) is 10.5. The number of hydrogen-bond donors (Lipinski definition) is 0. The van der Waals surface area contributed by atoms with Crippen LogP contribution in [0.5, 0.6) is 0 Å². The molecular formula is C26H38O2. The van der Waals surface area contributed by atoms with Gasteiger partial charge in [0.1, 0.15) is 6.29 Å². The lowest BCUT2D eigenvalue weighted by Gasteiger charge is -2.27. The number of aryl methyl sites for hydroxylation is 2. The average molecular weight is 383 g/mol. The number of aldehydes is 1. The molecule has 0 aromatic heterocycles. The minimum Gasteiger partial charge on any atom is -0.377 e. The summed E-state index contributed by atoms with van der Waals surface area (Å²) < 4.78 is 5.91. The van der Waals surface area contributed by atoms with Crippen LogP contribution in [0, 0.1) is 13.8 Å². The zero-order valence-corrected chi connectivity index (χ0v) is 19.1. The van der Waals surface area contributed by atoms with Crippen molar-refractivity contribution in [2.75, 3.05) is 13.2 Å². The van der Waals surface area contributed by atoms with E-state index >= 15 is 0 Å². The van der Waals surface area contributed by atoms with Gasteiger partial charge in [-0.25, -0.2) is 0 Å². The Morgan fingerprint density at radius 2 is 1.79 bits per heavy atom. The van der Waals surface area contributed by atoms with E-state index in [9.17, 15) is 4.79 Å². The first kappa shape index (κ1) is 24.1. The number of rotatable bonds is 10. The molecule has 0 heterocycles. The molecule has 0 saturated heterocycles. The largest absolute Gasteiger partial charge is 0.377 e. The maximum atomic E-state index is 12.3. The highest BCUT2D eigenvalue weighted by Crippen LogP contribution is 2.39. The molecule has 0 aliphatic heterocycles. The Hall–Kier alpha value is -1.93. The molecule has 1 aromatic carbocycles. The van der Waals surface area contributed by atoms with Crippen LogP contribution in [-0.4, -0.2) is 19.5 Å². The van der Waals surface area contributed by atoms with Crippen LogP contribution in [0.4, 0.5) is 0 Å². The zero-order valence-electron chi connectivity index (χ0n) is 19.1. The maximum Gasteiger partial charge on any atom is 0.146 e. The first-order valence-electron chi connectivity index (χ1n) is 10.5. The van der Waals surface area contributed by atoms with Crippen molar-refractivity contribution in [2.45, 2.75) is 74.1 Å². The number of hydrogen-bond acceptors (Lipinski definition) is 2. The van der Waals surface area contributed by atoms with Gasteiger partial charge in [0.05, 0.1) is 6.61 Å². The van der Waals surface area contributed by atoms with Crippen molar-refractivity contribution in [3.8, 4) is 0 Å². The van der Waals surface area contributed by atoms with Gasteiger partial charge in [0.2, 0.25) is 0 Å². The van der Waals surface area contributed by atoms with Gasteiger partial charge in [-0.1, -0.05) is 49.3 Å². The van der Waals surface area contributed by atoms with E-state index in [0.29, 0.717) is 13.2 Å². The van der Waals surface area contributed by atoms with Crippen LogP contribution in [0.25, 0.3) is 0 Å². The molecular weight excluding hydrogens is 344 g/mol. The van der Waals surface area contributed by atoms with Crippen molar-refractivity contribution in [1.82, 2.24) is 0 Å². The third-order valence-corrected chi connectivity index (χ3v) is 5.70. The van der Waals surface area contributed by atoms with Crippen molar-refractivity contribution >= 4 is 6.29 Å². The summed E-state index contributed by atoms with van der Waals surface area (Å²) in [6.07, 6.45) is 5.06. The molecule has 28 heavy (non-hydrogen) atoms. The number of benzene rings is 1. The standard InChI is InChI=1S/C26H38O2/c1-9-19(6)24(16-27)26(23-14-13-18(5)15-20(23)7)25(17-28-12-4)21(8)22(10-2)11-3/h10,13-16,26H,9,11-12,17H2,1-8H3/b22-10-,24-19+,25-21+/t26-/m1/s1. The summed E-state index contributed by atoms with van der Waals surface area (Å²) >= 11 is 0. The van der Waals surface area contributed by atoms with Gasteiger partial charge in [0.15, 0.2) is 0 Å². The summed E-state index contributed by atoms with van der Waals surface area (Å²) in [4.78, 5) is 12.3. The normalized spacial score (nSPS) is 15.1. The van der Waals surface area contributed by atoms with Crippen LogP contribution in [0.3, 0.4) is 0 Å². The van der Waals surface area contributed by atoms with Crippen molar-refractivity contribution in [3.05, 3.63) is 68.8 Å². The summed E-state index contributed by atoms with van der Waals surface area (Å²) in [6, 6.07) is 6.53. The quantitative estimate of drug-likeness (QED) is 0.247. The summed E-state index contributed by atoms with van der Waals surface area (Å²) in [5, 5.41) is 0. The van der Waals surface area contributed by atoms with Crippen molar-refractivity contribution in [1.29, 1.82) is 0 Å². The number of carbonyl (C=O) groups is 1.